The van der Waals surface area contributed by atoms with Crippen molar-refractivity contribution in [2.24, 2.45) is 5.14 Å². The molecule has 0 saturated carbocycles. The summed E-state index contributed by atoms with van der Waals surface area (Å²) in [7, 11) is -4.06. The molecule has 2 heterocycles. The summed E-state index contributed by atoms with van der Waals surface area (Å²) >= 11 is 3.02. The van der Waals surface area contributed by atoms with Crippen LogP contribution >= 0.6 is 22.7 Å². The Morgan fingerprint density at radius 2 is 1.91 bits per heavy atom. The maximum atomic E-state index is 14.0. The zero-order valence-corrected chi connectivity index (χ0v) is 13.9. The maximum Gasteiger partial charge on any atom is 0.240 e. The van der Waals surface area contributed by atoms with Gasteiger partial charge in [-0.25, -0.2) is 22.9 Å². The van der Waals surface area contributed by atoms with Crippen molar-refractivity contribution >= 4 is 32.7 Å². The normalized spacial score (nSPS) is 11.8. The third kappa shape index (κ3) is 2.82. The lowest BCUT2D eigenvalue weighted by Gasteiger charge is -2.05. The summed E-state index contributed by atoms with van der Waals surface area (Å²) in [6.45, 7) is 1.92. The van der Waals surface area contributed by atoms with Crippen molar-refractivity contribution in [3.8, 4) is 22.4 Å². The van der Waals surface area contributed by atoms with Crippen LogP contribution in [0.4, 0.5) is 4.39 Å². The number of nitrogens with zero attached hydrogens (tertiary/aromatic N) is 1. The number of hydrogen-bond donors (Lipinski definition) is 1. The molecule has 3 rings (SSSR count). The molecule has 0 spiro atoms. The van der Waals surface area contributed by atoms with E-state index < -0.39 is 20.7 Å². The first-order valence-corrected chi connectivity index (χ1v) is 9.54. The molecule has 0 amide bonds. The van der Waals surface area contributed by atoms with Gasteiger partial charge in [0.1, 0.15) is 10.7 Å². The number of thiazole rings is 1. The van der Waals surface area contributed by atoms with E-state index in [1.807, 2.05) is 23.1 Å². The summed E-state index contributed by atoms with van der Waals surface area (Å²) in [6, 6.07) is 3.92. The van der Waals surface area contributed by atoms with Gasteiger partial charge in [-0.15, -0.1) is 11.3 Å². The standard InChI is InChI=1S/C14H11FN2O2S3/c1-8-17-13(7-21-8)11-6-20-5-10(11)9-2-3-14(12(15)4-9)22(16,18)19/h2-7H,1H3,(H2,16,18,19). The predicted molar refractivity (Wildman–Crippen MR) is 86.9 cm³/mol. The molecule has 8 heteroatoms. The average molecular weight is 354 g/mol. The second-order valence-electron chi connectivity index (χ2n) is 4.64. The summed E-state index contributed by atoms with van der Waals surface area (Å²) in [5.74, 6) is -0.855. The van der Waals surface area contributed by atoms with E-state index in [0.29, 0.717) is 5.56 Å². The first kappa shape index (κ1) is 15.3. The fourth-order valence-corrected chi connectivity index (χ4v) is 4.16. The Morgan fingerprint density at radius 1 is 1.18 bits per heavy atom. The number of hydrogen-bond acceptors (Lipinski definition) is 5. The fraction of sp³-hybridized carbons (Fsp3) is 0.0714. The van der Waals surface area contributed by atoms with Crippen molar-refractivity contribution in [2.45, 2.75) is 11.8 Å². The topological polar surface area (TPSA) is 73.0 Å². The van der Waals surface area contributed by atoms with Gasteiger partial charge < -0.3 is 0 Å². The van der Waals surface area contributed by atoms with Crippen molar-refractivity contribution in [2.75, 3.05) is 0 Å². The van der Waals surface area contributed by atoms with Gasteiger partial charge in [0.05, 0.1) is 10.7 Å². The van der Waals surface area contributed by atoms with Crippen molar-refractivity contribution in [3.63, 3.8) is 0 Å². The van der Waals surface area contributed by atoms with Gasteiger partial charge in [-0.3, -0.25) is 0 Å². The van der Waals surface area contributed by atoms with Gasteiger partial charge >= 0.3 is 0 Å². The van der Waals surface area contributed by atoms with E-state index >= 15 is 0 Å². The Hall–Kier alpha value is -1.61. The van der Waals surface area contributed by atoms with Crippen LogP contribution in [0.3, 0.4) is 0 Å². The van der Waals surface area contributed by atoms with Crippen LogP contribution in [0.25, 0.3) is 22.4 Å². The lowest BCUT2D eigenvalue weighted by Crippen LogP contribution is -2.13. The van der Waals surface area contributed by atoms with Crippen molar-refractivity contribution < 1.29 is 12.8 Å². The Bertz CT molecular complexity index is 945. The van der Waals surface area contributed by atoms with Crippen LogP contribution in [0.15, 0.2) is 39.2 Å². The minimum Gasteiger partial charge on any atom is -0.241 e. The van der Waals surface area contributed by atoms with E-state index in [9.17, 15) is 12.8 Å². The highest BCUT2D eigenvalue weighted by Gasteiger charge is 2.17. The first-order valence-electron chi connectivity index (χ1n) is 6.17. The van der Waals surface area contributed by atoms with Gasteiger partial charge in [0.15, 0.2) is 0 Å². The fourth-order valence-electron chi connectivity index (χ4n) is 2.11. The molecule has 2 N–H and O–H groups in total. The minimum atomic E-state index is -4.06. The molecule has 0 atom stereocenters. The lowest BCUT2D eigenvalue weighted by atomic mass is 10.0. The molecular weight excluding hydrogens is 343 g/mol. The number of aryl methyl sites for hydroxylation is 1. The highest BCUT2D eigenvalue weighted by Crippen LogP contribution is 2.36. The van der Waals surface area contributed by atoms with E-state index in [1.54, 1.807) is 6.07 Å². The van der Waals surface area contributed by atoms with E-state index in [2.05, 4.69) is 4.98 Å². The highest BCUT2D eigenvalue weighted by atomic mass is 32.2. The Kier molecular flexibility index (Phi) is 3.85. The second kappa shape index (κ2) is 5.54. The van der Waals surface area contributed by atoms with E-state index in [-0.39, 0.29) is 0 Å². The van der Waals surface area contributed by atoms with E-state index in [0.717, 1.165) is 21.8 Å². The molecule has 0 unspecified atom stereocenters. The molecule has 0 aliphatic heterocycles. The van der Waals surface area contributed by atoms with E-state index in [4.69, 9.17) is 5.14 Å². The quantitative estimate of drug-likeness (QED) is 0.780. The average Bonchev–Trinajstić information content (AvgIpc) is 3.05. The SMILES string of the molecule is Cc1nc(-c2cscc2-c2ccc(S(N)(=O)=O)c(F)c2)cs1. The second-order valence-corrected chi connectivity index (χ2v) is 7.98. The van der Waals surface area contributed by atoms with Crippen LogP contribution in [0.2, 0.25) is 0 Å². The molecule has 1 aromatic carbocycles. The van der Waals surface area contributed by atoms with Gasteiger partial charge in [0, 0.05) is 21.9 Å². The molecule has 0 radical (unpaired) electrons. The number of halogens is 1. The molecule has 0 fully saturated rings. The molecule has 0 saturated heterocycles. The van der Waals surface area contributed by atoms with E-state index in [1.165, 1.54) is 34.8 Å². The molecule has 4 nitrogen and oxygen atoms in total. The predicted octanol–water partition coefficient (Wildman–Crippen LogP) is 3.63. The van der Waals surface area contributed by atoms with Gasteiger partial charge in [0.25, 0.3) is 0 Å². The maximum absolute atomic E-state index is 14.0. The lowest BCUT2D eigenvalue weighted by molar-refractivity contribution is 0.568. The zero-order valence-electron chi connectivity index (χ0n) is 11.4. The summed E-state index contributed by atoms with van der Waals surface area (Å²) in [5.41, 5.74) is 3.13. The number of primary sulfonamides is 1. The molecule has 22 heavy (non-hydrogen) atoms. The third-order valence-corrected chi connectivity index (χ3v) is 5.57. The molecule has 0 aliphatic carbocycles. The smallest absolute Gasteiger partial charge is 0.240 e. The summed E-state index contributed by atoms with van der Waals surface area (Å²) in [6.07, 6.45) is 0. The first-order chi connectivity index (χ1) is 10.4. The minimum absolute atomic E-state index is 0.502. The molecule has 114 valence electrons. The largest absolute Gasteiger partial charge is 0.241 e. The van der Waals surface area contributed by atoms with Gasteiger partial charge in [-0.2, -0.15) is 11.3 Å². The Balaban J connectivity index is 2.10. The number of nitrogens with two attached hydrogens (primary N) is 1. The molecular formula is C14H11FN2O2S3. The van der Waals surface area contributed by atoms with Crippen molar-refractivity contribution in [3.05, 3.63) is 45.2 Å². The van der Waals surface area contributed by atoms with Crippen LogP contribution in [0, 0.1) is 12.7 Å². The molecule has 3 aromatic rings. The zero-order chi connectivity index (χ0) is 15.9. The monoisotopic (exact) mass is 354 g/mol. The summed E-state index contributed by atoms with van der Waals surface area (Å²) < 4.78 is 36.6. The van der Waals surface area contributed by atoms with Crippen molar-refractivity contribution in [1.29, 1.82) is 0 Å². The Labute approximate surface area is 135 Å². The van der Waals surface area contributed by atoms with Gasteiger partial charge in [-0.1, -0.05) is 6.07 Å². The molecule has 0 bridgehead atoms. The third-order valence-electron chi connectivity index (χ3n) is 3.11. The van der Waals surface area contributed by atoms with Gasteiger partial charge in [0.2, 0.25) is 10.0 Å². The van der Waals surface area contributed by atoms with Crippen LogP contribution < -0.4 is 5.14 Å². The highest BCUT2D eigenvalue weighted by molar-refractivity contribution is 7.89. The molecule has 2 aromatic heterocycles. The number of rotatable bonds is 3. The molecule has 0 aliphatic rings. The van der Waals surface area contributed by atoms with Crippen LogP contribution in [-0.4, -0.2) is 13.4 Å². The number of thiophene rings is 1. The summed E-state index contributed by atoms with van der Waals surface area (Å²) in [5, 5.41) is 11.7. The Morgan fingerprint density at radius 3 is 2.50 bits per heavy atom. The van der Waals surface area contributed by atoms with Crippen LogP contribution in [0.1, 0.15) is 5.01 Å². The van der Waals surface area contributed by atoms with Crippen molar-refractivity contribution in [1.82, 2.24) is 4.98 Å². The van der Waals surface area contributed by atoms with Gasteiger partial charge in [-0.05, 0) is 30.0 Å². The van der Waals surface area contributed by atoms with Crippen LogP contribution in [-0.2, 0) is 10.0 Å². The number of aromatic nitrogens is 1. The number of benzene rings is 1. The summed E-state index contributed by atoms with van der Waals surface area (Å²) in [4.78, 5) is 3.93. The van der Waals surface area contributed by atoms with Crippen LogP contribution in [0.5, 0.6) is 0 Å². The number of sulfonamides is 1.